The highest BCUT2D eigenvalue weighted by Gasteiger charge is 2.55. The Balaban J connectivity index is 1.29. The van der Waals surface area contributed by atoms with E-state index in [-0.39, 0.29) is 47.4 Å². The van der Waals surface area contributed by atoms with Crippen molar-refractivity contribution in [1.82, 2.24) is 15.2 Å². The van der Waals surface area contributed by atoms with Gasteiger partial charge in [-0.2, -0.15) is 0 Å². The average molecular weight is 650 g/mol. The van der Waals surface area contributed by atoms with Crippen LogP contribution < -0.4 is 15.6 Å². The number of thiazole rings is 1. The van der Waals surface area contributed by atoms with E-state index in [0.29, 0.717) is 10.5 Å². The van der Waals surface area contributed by atoms with Gasteiger partial charge in [0.2, 0.25) is 0 Å². The molecule has 2 amide bonds. The first-order chi connectivity index (χ1) is 20.6. The number of ether oxygens (including phenoxy) is 2. The molecule has 43 heavy (non-hydrogen) atoms. The average Bonchev–Trinajstić information content (AvgIpc) is 3.59. The number of rotatable bonds is 10. The summed E-state index contributed by atoms with van der Waals surface area (Å²) in [6, 6.07) is 2.43. The van der Waals surface area contributed by atoms with Crippen LogP contribution in [0.25, 0.3) is 0 Å². The lowest BCUT2D eigenvalue weighted by atomic mass is 10.0. The summed E-state index contributed by atoms with van der Waals surface area (Å²) in [6.07, 6.45) is 3.66. The van der Waals surface area contributed by atoms with Gasteiger partial charge in [-0.05, 0) is 0 Å². The van der Waals surface area contributed by atoms with Gasteiger partial charge in [-0.25, -0.2) is 19.1 Å². The number of nitrogens with two attached hydrogens (primary N) is 1. The van der Waals surface area contributed by atoms with Gasteiger partial charge in [0, 0.05) is 40.2 Å². The molecule has 2 saturated heterocycles. The van der Waals surface area contributed by atoms with Crippen molar-refractivity contribution in [2.24, 2.45) is 5.16 Å². The van der Waals surface area contributed by atoms with Crippen LogP contribution in [0.2, 0.25) is 0 Å². The Bertz CT molecular complexity index is 1560. The second-order valence-corrected chi connectivity index (χ2v) is 12.7. The number of methoxy groups -OCH3 is 1. The molecular weight excluding hydrogens is 625 g/mol. The minimum atomic E-state index is -1.46. The first-order valence-electron chi connectivity index (χ1n) is 12.6. The number of fused-ring (bicyclic) bond motifs is 1. The van der Waals surface area contributed by atoms with E-state index >= 15 is 0 Å². The molecule has 5 heterocycles. The molecule has 0 aliphatic carbocycles. The number of esters is 2. The van der Waals surface area contributed by atoms with E-state index in [0.717, 1.165) is 23.1 Å². The molecule has 0 bridgehead atoms. The van der Waals surface area contributed by atoms with Crippen LogP contribution in [0, 0.1) is 0 Å². The molecule has 3 aliphatic heterocycles. The third-order valence-corrected chi connectivity index (χ3v) is 9.95. The standard InChI is InChI=1S/C25H24N6O9S3/c1-38-23(37)25(6-3-15(32)40-25)43-13-4-7-30(8-5-13)9-12-10-41-21-17(20(34)31(21)18(12)22(35)36)28-19(33)16(29-39-2)14-11-42-24(26)27-14/h4-5,7-8,11,17,21H,3,6,9-10H2,1-2H3,(H3-,26,27,28,33,35,36)/p+1/b29-16-/t17?,21-,25?/m1/s1. The predicted molar refractivity (Wildman–Crippen MR) is 152 cm³/mol. The number of carbonyl (C=O) groups excluding carboxylic acids is 4. The fourth-order valence-corrected chi connectivity index (χ4v) is 7.73. The van der Waals surface area contributed by atoms with Crippen molar-refractivity contribution < 1.29 is 48.0 Å². The number of nitrogens with one attached hydrogen (secondary N) is 1. The maximum atomic E-state index is 13.1. The summed E-state index contributed by atoms with van der Waals surface area (Å²) in [4.78, 5) is 71.6. The number of β-lactam (4-membered cyclic amide) rings is 1. The molecule has 5 rings (SSSR count). The number of carboxylic acids is 1. The van der Waals surface area contributed by atoms with Crippen LogP contribution >= 0.6 is 34.9 Å². The number of thioether (sulfide) groups is 2. The zero-order chi connectivity index (χ0) is 30.9. The molecule has 226 valence electrons. The summed E-state index contributed by atoms with van der Waals surface area (Å²) in [5, 5.41) is 17.5. The number of hydrogen-bond donors (Lipinski definition) is 3. The predicted octanol–water partition coefficient (Wildman–Crippen LogP) is 0.101. The highest BCUT2D eigenvalue weighted by molar-refractivity contribution is 8.01. The Hall–Kier alpha value is -4.16. The number of aromatic nitrogens is 2. The molecule has 18 heteroatoms. The molecule has 0 radical (unpaired) electrons. The number of aliphatic carboxylic acids is 1. The van der Waals surface area contributed by atoms with Crippen LogP contribution in [0.5, 0.6) is 0 Å². The van der Waals surface area contributed by atoms with Crippen molar-refractivity contribution in [3.63, 3.8) is 0 Å². The summed E-state index contributed by atoms with van der Waals surface area (Å²) in [6.45, 7) is 0.167. The molecule has 3 atom stereocenters. The van der Waals surface area contributed by atoms with Crippen LogP contribution in [-0.2, 0) is 44.8 Å². The fourth-order valence-electron chi connectivity index (χ4n) is 4.70. The van der Waals surface area contributed by atoms with Gasteiger partial charge in [0.05, 0.1) is 13.5 Å². The van der Waals surface area contributed by atoms with E-state index in [2.05, 4.69) is 15.5 Å². The van der Waals surface area contributed by atoms with Gasteiger partial charge in [0.15, 0.2) is 29.8 Å². The van der Waals surface area contributed by atoms with Crippen LogP contribution in [0.3, 0.4) is 0 Å². The van der Waals surface area contributed by atoms with Crippen molar-refractivity contribution >= 4 is 75.4 Å². The number of anilines is 1. The third kappa shape index (κ3) is 5.89. The molecule has 2 aromatic rings. The lowest BCUT2D eigenvalue weighted by Gasteiger charge is -2.49. The summed E-state index contributed by atoms with van der Waals surface area (Å²) < 4.78 is 11.9. The molecule has 0 spiro atoms. The molecule has 4 N–H and O–H groups in total. The number of nitrogen functional groups attached to an aromatic ring is 1. The molecule has 3 aliphatic rings. The monoisotopic (exact) mass is 649 g/mol. The van der Waals surface area contributed by atoms with E-state index in [1.807, 2.05) is 0 Å². The number of carboxylic acid groups (broad SMARTS) is 1. The minimum Gasteiger partial charge on any atom is -0.477 e. The van der Waals surface area contributed by atoms with Gasteiger partial charge < -0.3 is 30.5 Å². The zero-order valence-corrected chi connectivity index (χ0v) is 25.1. The summed E-state index contributed by atoms with van der Waals surface area (Å²) in [5.74, 6) is -3.42. The highest BCUT2D eigenvalue weighted by Crippen LogP contribution is 2.43. The third-order valence-electron chi connectivity index (χ3n) is 6.65. The largest absolute Gasteiger partial charge is 0.477 e. The van der Waals surface area contributed by atoms with E-state index in [4.69, 9.17) is 20.0 Å². The molecular formula is C25H25N6O9S3+. The summed E-state index contributed by atoms with van der Waals surface area (Å²) >= 11 is 3.49. The van der Waals surface area contributed by atoms with Crippen LogP contribution in [-0.4, -0.2) is 86.7 Å². The normalized spacial score (nSPS) is 23.3. The number of hydrogen-bond acceptors (Lipinski definition) is 14. The van der Waals surface area contributed by atoms with E-state index in [1.54, 1.807) is 29.1 Å². The molecule has 2 unspecified atom stereocenters. The van der Waals surface area contributed by atoms with Gasteiger partial charge in [0.1, 0.15) is 29.9 Å². The van der Waals surface area contributed by atoms with Crippen molar-refractivity contribution in [3.8, 4) is 0 Å². The second-order valence-electron chi connectivity index (χ2n) is 9.34. The number of oxime groups is 1. The Morgan fingerprint density at radius 1 is 1.33 bits per heavy atom. The van der Waals surface area contributed by atoms with Crippen LogP contribution in [0.1, 0.15) is 18.5 Å². The Kier molecular flexibility index (Phi) is 8.61. The van der Waals surface area contributed by atoms with E-state index in [1.165, 1.54) is 36.3 Å². The number of cyclic esters (lactones) is 1. The molecule has 0 aromatic carbocycles. The quantitative estimate of drug-likeness (QED) is 0.103. The van der Waals surface area contributed by atoms with Gasteiger partial charge >= 0.3 is 17.9 Å². The van der Waals surface area contributed by atoms with Gasteiger partial charge in [-0.1, -0.05) is 16.9 Å². The van der Waals surface area contributed by atoms with Crippen molar-refractivity contribution in [1.29, 1.82) is 0 Å². The smallest absolute Gasteiger partial charge is 0.361 e. The van der Waals surface area contributed by atoms with E-state index < -0.39 is 46.1 Å². The number of carbonyl (C=O) groups is 5. The number of nitrogens with zero attached hydrogens (tertiary/aromatic N) is 4. The van der Waals surface area contributed by atoms with E-state index in [9.17, 15) is 29.1 Å². The first kappa shape index (κ1) is 30.3. The van der Waals surface area contributed by atoms with Crippen molar-refractivity contribution in [3.05, 3.63) is 46.9 Å². The minimum absolute atomic E-state index is 0.0995. The van der Waals surface area contributed by atoms with Gasteiger partial charge in [-0.3, -0.25) is 19.3 Å². The first-order valence-corrected chi connectivity index (χ1v) is 15.3. The lowest BCUT2D eigenvalue weighted by Crippen LogP contribution is -2.71. The summed E-state index contributed by atoms with van der Waals surface area (Å²) in [5.41, 5.74) is 6.02. The molecule has 2 fully saturated rings. The SMILES string of the molecule is CO/N=C(\C(=O)NC1C(=O)N2C(C(=O)O)=C(C[n+]3ccc(SC4(C(=O)OC)CCC(=O)O4)cc3)CS[C@H]12)c1csc(N)n1. The Morgan fingerprint density at radius 3 is 2.65 bits per heavy atom. The second kappa shape index (κ2) is 12.2. The van der Waals surface area contributed by atoms with Crippen molar-refractivity contribution in [2.45, 2.75) is 40.6 Å². The van der Waals surface area contributed by atoms with Gasteiger partial charge in [-0.15, -0.1) is 23.1 Å². The zero-order valence-electron chi connectivity index (χ0n) is 22.7. The maximum Gasteiger partial charge on any atom is 0.361 e. The highest BCUT2D eigenvalue weighted by atomic mass is 32.2. The van der Waals surface area contributed by atoms with Crippen molar-refractivity contribution in [2.75, 3.05) is 25.7 Å². The topological polar surface area (TPSA) is 204 Å². The Morgan fingerprint density at radius 2 is 2.07 bits per heavy atom. The fraction of sp³-hybridized carbons (Fsp3) is 0.360. The molecule has 0 saturated carbocycles. The summed E-state index contributed by atoms with van der Waals surface area (Å²) in [7, 11) is 2.48. The van der Waals surface area contributed by atoms with Crippen LogP contribution in [0.4, 0.5) is 5.13 Å². The molecule has 2 aromatic heterocycles. The number of pyridine rings is 1. The Labute approximate surface area is 256 Å². The van der Waals surface area contributed by atoms with Crippen LogP contribution in [0.15, 0.2) is 51.2 Å². The van der Waals surface area contributed by atoms with Gasteiger partial charge in [0.25, 0.3) is 16.7 Å². The maximum absolute atomic E-state index is 13.1. The lowest BCUT2D eigenvalue weighted by molar-refractivity contribution is -0.689. The number of amides is 2. The molecule has 15 nitrogen and oxygen atoms in total.